The Hall–Kier alpha value is -0.800. The molecule has 1 heterocycles. The molecule has 2 unspecified atom stereocenters. The van der Waals surface area contributed by atoms with E-state index in [0.29, 0.717) is 12.0 Å². The summed E-state index contributed by atoms with van der Waals surface area (Å²) in [6.45, 7) is 12.0. The molecule has 2 N–H and O–H groups in total. The molecule has 0 aromatic carbocycles. The van der Waals surface area contributed by atoms with Gasteiger partial charge < -0.3 is 10.2 Å². The first-order chi connectivity index (χ1) is 7.93. The van der Waals surface area contributed by atoms with Gasteiger partial charge in [-0.3, -0.25) is 4.90 Å². The molecule has 1 aromatic rings. The van der Waals surface area contributed by atoms with Crippen molar-refractivity contribution in [3.63, 3.8) is 0 Å². The van der Waals surface area contributed by atoms with Crippen LogP contribution in [-0.4, -0.2) is 23.5 Å². The lowest BCUT2D eigenvalue weighted by Crippen LogP contribution is -2.44. The minimum absolute atomic E-state index is 0.0577. The van der Waals surface area contributed by atoms with Crippen molar-refractivity contribution in [1.82, 2.24) is 4.90 Å². The molecule has 0 amide bonds. The van der Waals surface area contributed by atoms with E-state index in [1.807, 2.05) is 19.1 Å². The maximum Gasteiger partial charge on any atom is 0.122 e. The van der Waals surface area contributed by atoms with E-state index in [2.05, 4.69) is 32.6 Å². The molecule has 1 aromatic heterocycles. The van der Waals surface area contributed by atoms with E-state index in [4.69, 9.17) is 10.2 Å². The van der Waals surface area contributed by atoms with Crippen LogP contribution < -0.4 is 5.73 Å². The predicted molar refractivity (Wildman–Crippen MR) is 71.8 cm³/mol. The Morgan fingerprint density at radius 2 is 1.88 bits per heavy atom. The summed E-state index contributed by atoms with van der Waals surface area (Å²) in [5.41, 5.74) is 6.14. The highest BCUT2D eigenvalue weighted by Crippen LogP contribution is 2.26. The normalized spacial score (nSPS) is 15.8. The van der Waals surface area contributed by atoms with Gasteiger partial charge in [0.15, 0.2) is 0 Å². The first-order valence-electron chi connectivity index (χ1n) is 6.48. The molecule has 3 nitrogen and oxygen atoms in total. The minimum atomic E-state index is 0.0577. The van der Waals surface area contributed by atoms with E-state index in [0.717, 1.165) is 12.3 Å². The van der Waals surface area contributed by atoms with Crippen molar-refractivity contribution in [3.05, 3.63) is 24.2 Å². The smallest absolute Gasteiger partial charge is 0.122 e. The van der Waals surface area contributed by atoms with Crippen LogP contribution in [0.3, 0.4) is 0 Å². The molecule has 1 rings (SSSR count). The van der Waals surface area contributed by atoms with E-state index in [1.54, 1.807) is 6.26 Å². The molecule has 17 heavy (non-hydrogen) atoms. The Morgan fingerprint density at radius 1 is 1.24 bits per heavy atom. The highest BCUT2D eigenvalue weighted by molar-refractivity contribution is 5.07. The highest BCUT2D eigenvalue weighted by atomic mass is 16.3. The van der Waals surface area contributed by atoms with Crippen LogP contribution in [0.15, 0.2) is 22.8 Å². The van der Waals surface area contributed by atoms with Gasteiger partial charge in [-0.15, -0.1) is 0 Å². The molecule has 0 saturated heterocycles. The van der Waals surface area contributed by atoms with Gasteiger partial charge in [-0.1, -0.05) is 13.8 Å². The van der Waals surface area contributed by atoms with E-state index < -0.39 is 0 Å². The van der Waals surface area contributed by atoms with Crippen molar-refractivity contribution in [2.75, 3.05) is 6.54 Å². The van der Waals surface area contributed by atoms with Crippen molar-refractivity contribution in [3.8, 4) is 0 Å². The molecule has 0 aliphatic carbocycles. The standard InChI is InChI=1S/C14H26N2O/c1-10(2)9-16(11(3)4)14(12(5)15)13-7-6-8-17-13/h6-8,10-12,14H,9,15H2,1-5H3. The summed E-state index contributed by atoms with van der Waals surface area (Å²) in [4.78, 5) is 2.42. The van der Waals surface area contributed by atoms with Crippen LogP contribution in [0.2, 0.25) is 0 Å². The molecule has 0 radical (unpaired) electrons. The quantitative estimate of drug-likeness (QED) is 0.828. The lowest BCUT2D eigenvalue weighted by molar-refractivity contribution is 0.104. The molecule has 0 aliphatic rings. The van der Waals surface area contributed by atoms with Crippen LogP contribution in [0, 0.1) is 5.92 Å². The van der Waals surface area contributed by atoms with Crippen LogP contribution in [0.5, 0.6) is 0 Å². The van der Waals surface area contributed by atoms with Crippen molar-refractivity contribution in [1.29, 1.82) is 0 Å². The second kappa shape index (κ2) is 6.22. The maximum absolute atomic E-state index is 6.14. The predicted octanol–water partition coefficient (Wildman–Crippen LogP) is 3.03. The van der Waals surface area contributed by atoms with Crippen LogP contribution >= 0.6 is 0 Å². The molecule has 0 aliphatic heterocycles. The van der Waals surface area contributed by atoms with Crippen molar-refractivity contribution in [2.45, 2.75) is 52.7 Å². The summed E-state index contributed by atoms with van der Waals surface area (Å²) in [5.74, 6) is 1.59. The zero-order valence-corrected chi connectivity index (χ0v) is 11.7. The average molecular weight is 238 g/mol. The minimum Gasteiger partial charge on any atom is -0.468 e. The molecule has 0 bridgehead atoms. The summed E-state index contributed by atoms with van der Waals surface area (Å²) in [6, 6.07) is 4.62. The fourth-order valence-corrected chi connectivity index (χ4v) is 2.25. The first-order valence-corrected chi connectivity index (χ1v) is 6.48. The number of hydrogen-bond acceptors (Lipinski definition) is 3. The fraction of sp³-hybridized carbons (Fsp3) is 0.714. The Morgan fingerprint density at radius 3 is 2.24 bits per heavy atom. The lowest BCUT2D eigenvalue weighted by atomic mass is 10.0. The Balaban J connectivity index is 2.94. The molecule has 0 fully saturated rings. The van der Waals surface area contributed by atoms with Crippen molar-refractivity contribution >= 4 is 0 Å². The first kappa shape index (κ1) is 14.3. The number of rotatable bonds is 6. The Bertz CT molecular complexity index is 304. The monoisotopic (exact) mass is 238 g/mol. The number of furan rings is 1. The number of hydrogen-bond donors (Lipinski definition) is 1. The lowest BCUT2D eigenvalue weighted by Gasteiger charge is -2.37. The van der Waals surface area contributed by atoms with Crippen LogP contribution in [-0.2, 0) is 0 Å². The topological polar surface area (TPSA) is 42.4 Å². The summed E-state index contributed by atoms with van der Waals surface area (Å²) < 4.78 is 5.55. The summed E-state index contributed by atoms with van der Waals surface area (Å²) in [7, 11) is 0. The zero-order valence-electron chi connectivity index (χ0n) is 11.7. The fourth-order valence-electron chi connectivity index (χ4n) is 2.25. The molecule has 98 valence electrons. The number of nitrogens with two attached hydrogens (primary N) is 1. The van der Waals surface area contributed by atoms with E-state index in [-0.39, 0.29) is 12.1 Å². The maximum atomic E-state index is 6.14. The van der Waals surface area contributed by atoms with Gasteiger partial charge in [0.1, 0.15) is 5.76 Å². The van der Waals surface area contributed by atoms with Gasteiger partial charge in [-0.25, -0.2) is 0 Å². The molecule has 3 heteroatoms. The van der Waals surface area contributed by atoms with Crippen LogP contribution in [0.1, 0.15) is 46.4 Å². The summed E-state index contributed by atoms with van der Waals surface area (Å²) in [6.07, 6.45) is 1.72. The second-order valence-electron chi connectivity index (χ2n) is 5.50. The Kier molecular flexibility index (Phi) is 5.22. The van der Waals surface area contributed by atoms with Gasteiger partial charge in [0, 0.05) is 18.6 Å². The third-order valence-electron chi connectivity index (χ3n) is 2.93. The summed E-state index contributed by atoms with van der Waals surface area (Å²) >= 11 is 0. The second-order valence-corrected chi connectivity index (χ2v) is 5.50. The van der Waals surface area contributed by atoms with Crippen LogP contribution in [0.25, 0.3) is 0 Å². The van der Waals surface area contributed by atoms with Gasteiger partial charge in [0.05, 0.1) is 12.3 Å². The van der Waals surface area contributed by atoms with E-state index >= 15 is 0 Å². The largest absolute Gasteiger partial charge is 0.468 e. The van der Waals surface area contributed by atoms with Crippen molar-refractivity contribution < 1.29 is 4.42 Å². The van der Waals surface area contributed by atoms with E-state index in [9.17, 15) is 0 Å². The van der Waals surface area contributed by atoms with Crippen LogP contribution in [0.4, 0.5) is 0 Å². The van der Waals surface area contributed by atoms with Gasteiger partial charge in [-0.05, 0) is 38.8 Å². The molecular weight excluding hydrogens is 212 g/mol. The van der Waals surface area contributed by atoms with Gasteiger partial charge >= 0.3 is 0 Å². The van der Waals surface area contributed by atoms with Gasteiger partial charge in [0.25, 0.3) is 0 Å². The number of nitrogens with zero attached hydrogens (tertiary/aromatic N) is 1. The summed E-state index contributed by atoms with van der Waals surface area (Å²) in [5, 5.41) is 0. The third kappa shape index (κ3) is 3.86. The molecule has 0 saturated carbocycles. The molecule has 2 atom stereocenters. The average Bonchev–Trinajstić information content (AvgIpc) is 2.68. The Labute approximate surface area is 105 Å². The molecule has 0 spiro atoms. The van der Waals surface area contributed by atoms with Crippen molar-refractivity contribution in [2.24, 2.45) is 11.7 Å². The van der Waals surface area contributed by atoms with Gasteiger partial charge in [0.2, 0.25) is 0 Å². The molecular formula is C14H26N2O. The SMILES string of the molecule is CC(C)CN(C(C)C)C(c1ccco1)C(C)N. The van der Waals surface area contributed by atoms with E-state index in [1.165, 1.54) is 0 Å². The highest BCUT2D eigenvalue weighted by Gasteiger charge is 2.28. The third-order valence-corrected chi connectivity index (χ3v) is 2.93. The zero-order chi connectivity index (χ0) is 13.0. The van der Waals surface area contributed by atoms with Gasteiger partial charge in [-0.2, -0.15) is 0 Å².